The average molecular weight is 280 g/mol. The number of nitrogens with two attached hydrogens (primary N) is 1. The molecule has 1 aliphatic rings. The van der Waals surface area contributed by atoms with Crippen LogP contribution in [-0.2, 0) is 10.0 Å². The van der Waals surface area contributed by atoms with E-state index in [2.05, 4.69) is 0 Å². The van der Waals surface area contributed by atoms with Crippen molar-refractivity contribution in [3.63, 3.8) is 0 Å². The maximum Gasteiger partial charge on any atom is 0.211 e. The second kappa shape index (κ2) is 5.07. The van der Waals surface area contributed by atoms with Crippen LogP contribution < -0.4 is 10.6 Å². The molecule has 0 amide bonds. The van der Waals surface area contributed by atoms with Gasteiger partial charge in [0.15, 0.2) is 0 Å². The highest BCUT2D eigenvalue weighted by Gasteiger charge is 2.24. The Labute approximate surface area is 113 Å². The standard InChI is InChI=1S/C12H16N4O2S/c1-19(17,18)16-6-4-15(5-7-16)12-3-2-10(9-13)8-11(12)14/h2-3,8H,4-7,14H2,1H3. The Morgan fingerprint density at radius 2 is 1.89 bits per heavy atom. The van der Waals surface area contributed by atoms with Crippen molar-refractivity contribution in [2.75, 3.05) is 43.1 Å². The molecule has 1 aromatic carbocycles. The van der Waals surface area contributed by atoms with Crippen molar-refractivity contribution in [2.24, 2.45) is 0 Å². The van der Waals surface area contributed by atoms with E-state index in [0.29, 0.717) is 37.4 Å². The summed E-state index contributed by atoms with van der Waals surface area (Å²) in [5, 5.41) is 8.80. The van der Waals surface area contributed by atoms with E-state index in [0.717, 1.165) is 5.69 Å². The molecule has 6 nitrogen and oxygen atoms in total. The van der Waals surface area contributed by atoms with E-state index in [9.17, 15) is 8.42 Å². The highest BCUT2D eigenvalue weighted by Crippen LogP contribution is 2.25. The number of rotatable bonds is 2. The summed E-state index contributed by atoms with van der Waals surface area (Å²) in [4.78, 5) is 2.04. The fraction of sp³-hybridized carbons (Fsp3) is 0.417. The maximum atomic E-state index is 11.4. The van der Waals surface area contributed by atoms with E-state index < -0.39 is 10.0 Å². The van der Waals surface area contributed by atoms with Crippen molar-refractivity contribution in [3.8, 4) is 6.07 Å². The number of nitrogen functional groups attached to an aromatic ring is 1. The summed E-state index contributed by atoms with van der Waals surface area (Å²) < 4.78 is 24.3. The number of hydrogen-bond donors (Lipinski definition) is 1. The Hall–Kier alpha value is -1.78. The fourth-order valence-electron chi connectivity index (χ4n) is 2.17. The molecule has 0 bridgehead atoms. The molecule has 0 radical (unpaired) electrons. The van der Waals surface area contributed by atoms with Gasteiger partial charge in [-0.1, -0.05) is 0 Å². The number of sulfonamides is 1. The SMILES string of the molecule is CS(=O)(=O)N1CCN(c2ccc(C#N)cc2N)CC1. The average Bonchev–Trinajstić information content (AvgIpc) is 2.37. The molecule has 0 aromatic heterocycles. The summed E-state index contributed by atoms with van der Waals surface area (Å²) in [6.45, 7) is 2.11. The molecular weight excluding hydrogens is 264 g/mol. The molecule has 1 saturated heterocycles. The van der Waals surface area contributed by atoms with Crippen molar-refractivity contribution in [1.82, 2.24) is 4.31 Å². The second-order valence-corrected chi connectivity index (χ2v) is 6.52. The van der Waals surface area contributed by atoms with E-state index in [-0.39, 0.29) is 0 Å². The molecule has 1 aromatic rings. The number of nitriles is 1. The molecule has 0 aliphatic carbocycles. The van der Waals surface area contributed by atoms with E-state index in [1.807, 2.05) is 17.0 Å². The van der Waals surface area contributed by atoms with Gasteiger partial charge in [0.2, 0.25) is 10.0 Å². The van der Waals surface area contributed by atoms with Crippen LogP contribution in [0.1, 0.15) is 5.56 Å². The molecule has 102 valence electrons. The minimum Gasteiger partial charge on any atom is -0.397 e. The lowest BCUT2D eigenvalue weighted by atomic mass is 10.1. The van der Waals surface area contributed by atoms with Gasteiger partial charge in [-0.15, -0.1) is 0 Å². The van der Waals surface area contributed by atoms with Gasteiger partial charge in [0, 0.05) is 26.2 Å². The summed E-state index contributed by atoms with van der Waals surface area (Å²) in [6.07, 6.45) is 1.22. The van der Waals surface area contributed by atoms with Crippen LogP contribution in [0.2, 0.25) is 0 Å². The first-order valence-electron chi connectivity index (χ1n) is 5.91. The van der Waals surface area contributed by atoms with Gasteiger partial charge < -0.3 is 10.6 Å². The van der Waals surface area contributed by atoms with Gasteiger partial charge in [-0.3, -0.25) is 0 Å². The molecule has 19 heavy (non-hydrogen) atoms. The molecule has 2 N–H and O–H groups in total. The predicted octanol–water partition coefficient (Wildman–Crippen LogP) is 0.222. The quantitative estimate of drug-likeness (QED) is 0.783. The number of hydrogen-bond acceptors (Lipinski definition) is 5. The summed E-state index contributed by atoms with van der Waals surface area (Å²) in [5.41, 5.74) is 7.85. The monoisotopic (exact) mass is 280 g/mol. The maximum absolute atomic E-state index is 11.4. The van der Waals surface area contributed by atoms with Gasteiger partial charge in [-0.25, -0.2) is 8.42 Å². The Morgan fingerprint density at radius 3 is 2.37 bits per heavy atom. The van der Waals surface area contributed by atoms with E-state index >= 15 is 0 Å². The van der Waals surface area contributed by atoms with Crippen LogP contribution in [-0.4, -0.2) is 45.2 Å². The van der Waals surface area contributed by atoms with Gasteiger partial charge in [0.25, 0.3) is 0 Å². The van der Waals surface area contributed by atoms with Crippen molar-refractivity contribution >= 4 is 21.4 Å². The zero-order chi connectivity index (χ0) is 14.0. The molecule has 7 heteroatoms. The molecule has 0 saturated carbocycles. The third-order valence-electron chi connectivity index (χ3n) is 3.20. The van der Waals surface area contributed by atoms with Gasteiger partial charge in [-0.05, 0) is 18.2 Å². The molecule has 0 spiro atoms. The molecule has 0 unspecified atom stereocenters. The molecule has 1 fully saturated rings. The normalized spacial score (nSPS) is 17.2. The first-order valence-corrected chi connectivity index (χ1v) is 7.76. The fourth-order valence-corrected chi connectivity index (χ4v) is 3.00. The smallest absolute Gasteiger partial charge is 0.211 e. The summed E-state index contributed by atoms with van der Waals surface area (Å²) in [5.74, 6) is 0. The lowest BCUT2D eigenvalue weighted by molar-refractivity contribution is 0.388. The zero-order valence-corrected chi connectivity index (χ0v) is 11.5. The van der Waals surface area contributed by atoms with Crippen molar-refractivity contribution in [3.05, 3.63) is 23.8 Å². The van der Waals surface area contributed by atoms with Crippen molar-refractivity contribution in [1.29, 1.82) is 5.26 Å². The lowest BCUT2D eigenvalue weighted by Gasteiger charge is -2.35. The molecule has 1 heterocycles. The van der Waals surface area contributed by atoms with E-state index in [1.165, 1.54) is 10.6 Å². The Kier molecular flexibility index (Phi) is 3.64. The number of anilines is 2. The van der Waals surface area contributed by atoms with Gasteiger partial charge in [-0.2, -0.15) is 9.57 Å². The molecular formula is C12H16N4O2S. The Morgan fingerprint density at radius 1 is 1.26 bits per heavy atom. The van der Waals surface area contributed by atoms with Crippen LogP contribution in [0.25, 0.3) is 0 Å². The van der Waals surface area contributed by atoms with Crippen LogP contribution in [0.15, 0.2) is 18.2 Å². The highest BCUT2D eigenvalue weighted by molar-refractivity contribution is 7.88. The first kappa shape index (κ1) is 13.6. The summed E-state index contributed by atoms with van der Waals surface area (Å²) in [6, 6.07) is 7.20. The largest absolute Gasteiger partial charge is 0.397 e. The lowest BCUT2D eigenvalue weighted by Crippen LogP contribution is -2.48. The van der Waals surface area contributed by atoms with Crippen LogP contribution >= 0.6 is 0 Å². The van der Waals surface area contributed by atoms with E-state index in [4.69, 9.17) is 11.0 Å². The van der Waals surface area contributed by atoms with Crippen LogP contribution in [0.5, 0.6) is 0 Å². The van der Waals surface area contributed by atoms with Gasteiger partial charge in [0.1, 0.15) is 0 Å². The number of benzene rings is 1. The van der Waals surface area contributed by atoms with Gasteiger partial charge >= 0.3 is 0 Å². The summed E-state index contributed by atoms with van der Waals surface area (Å²) in [7, 11) is -3.12. The number of nitrogens with zero attached hydrogens (tertiary/aromatic N) is 3. The number of piperazine rings is 1. The second-order valence-electron chi connectivity index (χ2n) is 4.53. The Bertz CT molecular complexity index is 613. The minimum atomic E-state index is -3.12. The molecule has 2 rings (SSSR count). The zero-order valence-electron chi connectivity index (χ0n) is 10.7. The van der Waals surface area contributed by atoms with Crippen molar-refractivity contribution < 1.29 is 8.42 Å². The first-order chi connectivity index (χ1) is 8.91. The van der Waals surface area contributed by atoms with Gasteiger partial charge in [0.05, 0.1) is 29.3 Å². The minimum absolute atomic E-state index is 0.457. The topological polar surface area (TPSA) is 90.4 Å². The molecule has 0 atom stereocenters. The third-order valence-corrected chi connectivity index (χ3v) is 4.51. The van der Waals surface area contributed by atoms with Crippen LogP contribution in [0.4, 0.5) is 11.4 Å². The predicted molar refractivity (Wildman–Crippen MR) is 74.2 cm³/mol. The van der Waals surface area contributed by atoms with Crippen LogP contribution in [0, 0.1) is 11.3 Å². The van der Waals surface area contributed by atoms with Crippen molar-refractivity contribution in [2.45, 2.75) is 0 Å². The highest BCUT2D eigenvalue weighted by atomic mass is 32.2. The van der Waals surface area contributed by atoms with Crippen LogP contribution in [0.3, 0.4) is 0 Å². The molecule has 1 aliphatic heterocycles. The third kappa shape index (κ3) is 2.97. The summed E-state index contributed by atoms with van der Waals surface area (Å²) >= 11 is 0. The van der Waals surface area contributed by atoms with E-state index in [1.54, 1.807) is 12.1 Å². The Balaban J connectivity index is 2.12.